The van der Waals surface area contributed by atoms with E-state index < -0.39 is 0 Å². The second kappa shape index (κ2) is 8.65. The summed E-state index contributed by atoms with van der Waals surface area (Å²) in [7, 11) is 0. The normalized spacial score (nSPS) is 18.5. The number of hydrogen-bond donors (Lipinski definition) is 1. The van der Waals surface area contributed by atoms with Gasteiger partial charge in [-0.05, 0) is 49.9 Å². The molecule has 1 saturated heterocycles. The van der Waals surface area contributed by atoms with E-state index in [1.54, 1.807) is 0 Å². The van der Waals surface area contributed by atoms with Gasteiger partial charge >= 0.3 is 0 Å². The summed E-state index contributed by atoms with van der Waals surface area (Å²) in [4.78, 5) is 14.5. The average Bonchev–Trinajstić information content (AvgIpc) is 2.42. The number of carbonyl (C=O) groups excluding carboxylic acids is 1. The fraction of sp³-hybridized carbons (Fsp3) is 0.533. The van der Waals surface area contributed by atoms with Gasteiger partial charge in [-0.2, -0.15) is 0 Å². The summed E-state index contributed by atoms with van der Waals surface area (Å²) in [5.41, 5.74) is 6.72. The van der Waals surface area contributed by atoms with Crippen molar-refractivity contribution in [2.75, 3.05) is 13.1 Å². The standard InChI is InChI=1S/C15H21BrN2O.ClH/c16-13-6-4-12(5-7-13)11-15(19)18-10-2-1-3-14(18)8-9-17;/h4-7,14H,1-3,8-11,17H2;1H. The summed E-state index contributed by atoms with van der Waals surface area (Å²) in [6.45, 7) is 1.55. The maximum absolute atomic E-state index is 12.4. The third-order valence-corrected chi connectivity index (χ3v) is 4.24. The molecule has 1 atom stereocenters. The number of halogens is 2. The lowest BCUT2D eigenvalue weighted by Crippen LogP contribution is -2.45. The van der Waals surface area contributed by atoms with Crippen LogP contribution < -0.4 is 5.73 Å². The molecule has 2 rings (SSSR count). The van der Waals surface area contributed by atoms with Gasteiger partial charge < -0.3 is 10.6 Å². The number of nitrogens with two attached hydrogens (primary N) is 1. The molecule has 2 N–H and O–H groups in total. The minimum atomic E-state index is 0. The molecule has 0 spiro atoms. The van der Waals surface area contributed by atoms with Gasteiger partial charge in [0, 0.05) is 17.1 Å². The molecule has 1 aliphatic heterocycles. The number of likely N-dealkylation sites (tertiary alicyclic amines) is 1. The summed E-state index contributed by atoms with van der Waals surface area (Å²) in [5.74, 6) is 0.237. The topological polar surface area (TPSA) is 46.3 Å². The van der Waals surface area contributed by atoms with Crippen molar-refractivity contribution in [3.63, 3.8) is 0 Å². The van der Waals surface area contributed by atoms with Gasteiger partial charge in [-0.3, -0.25) is 4.79 Å². The van der Waals surface area contributed by atoms with E-state index in [9.17, 15) is 4.79 Å². The van der Waals surface area contributed by atoms with Gasteiger partial charge in [0.15, 0.2) is 0 Å². The third-order valence-electron chi connectivity index (χ3n) is 3.72. The second-order valence-electron chi connectivity index (χ2n) is 5.12. The molecular weight excluding hydrogens is 340 g/mol. The highest BCUT2D eigenvalue weighted by Crippen LogP contribution is 2.21. The Morgan fingerprint density at radius 3 is 2.65 bits per heavy atom. The SMILES string of the molecule is Cl.NCCC1CCCCN1C(=O)Cc1ccc(Br)cc1. The Hall–Kier alpha value is -0.580. The second-order valence-corrected chi connectivity index (χ2v) is 6.03. The number of carbonyl (C=O) groups is 1. The van der Waals surface area contributed by atoms with E-state index in [-0.39, 0.29) is 18.3 Å². The minimum absolute atomic E-state index is 0. The zero-order valence-corrected chi connectivity index (χ0v) is 14.0. The van der Waals surface area contributed by atoms with Crippen molar-refractivity contribution in [1.82, 2.24) is 4.90 Å². The molecule has 1 aliphatic rings. The summed E-state index contributed by atoms with van der Waals surface area (Å²) in [6.07, 6.45) is 4.85. The van der Waals surface area contributed by atoms with Gasteiger partial charge in [-0.25, -0.2) is 0 Å². The maximum Gasteiger partial charge on any atom is 0.227 e. The predicted octanol–water partition coefficient (Wildman–Crippen LogP) is 3.14. The number of piperidine rings is 1. The molecule has 20 heavy (non-hydrogen) atoms. The van der Waals surface area contributed by atoms with Gasteiger partial charge in [-0.1, -0.05) is 28.1 Å². The highest BCUT2D eigenvalue weighted by Gasteiger charge is 2.25. The lowest BCUT2D eigenvalue weighted by atomic mass is 9.98. The molecule has 1 amide bonds. The average molecular weight is 362 g/mol. The quantitative estimate of drug-likeness (QED) is 0.895. The van der Waals surface area contributed by atoms with E-state index in [0.29, 0.717) is 19.0 Å². The highest BCUT2D eigenvalue weighted by molar-refractivity contribution is 9.10. The van der Waals surface area contributed by atoms with Crippen LogP contribution in [0.3, 0.4) is 0 Å². The number of hydrogen-bond acceptors (Lipinski definition) is 2. The van der Waals surface area contributed by atoms with Crippen molar-refractivity contribution in [3.05, 3.63) is 34.3 Å². The largest absolute Gasteiger partial charge is 0.339 e. The molecule has 0 aromatic heterocycles. The smallest absolute Gasteiger partial charge is 0.227 e. The van der Waals surface area contributed by atoms with Gasteiger partial charge in [0.2, 0.25) is 5.91 Å². The van der Waals surface area contributed by atoms with Crippen molar-refractivity contribution in [2.24, 2.45) is 5.73 Å². The molecule has 1 unspecified atom stereocenters. The first-order valence-electron chi connectivity index (χ1n) is 6.94. The van der Waals surface area contributed by atoms with E-state index >= 15 is 0 Å². The summed E-state index contributed by atoms with van der Waals surface area (Å²) in [5, 5.41) is 0. The molecule has 1 aromatic rings. The Kier molecular flexibility index (Phi) is 7.56. The fourth-order valence-electron chi connectivity index (χ4n) is 2.70. The molecule has 3 nitrogen and oxygen atoms in total. The van der Waals surface area contributed by atoms with Crippen LogP contribution in [0.2, 0.25) is 0 Å². The van der Waals surface area contributed by atoms with Crippen molar-refractivity contribution < 1.29 is 4.79 Å². The monoisotopic (exact) mass is 360 g/mol. The van der Waals surface area contributed by atoms with Crippen molar-refractivity contribution in [3.8, 4) is 0 Å². The van der Waals surface area contributed by atoms with E-state index in [2.05, 4.69) is 15.9 Å². The number of nitrogens with zero attached hydrogens (tertiary/aromatic N) is 1. The number of benzene rings is 1. The van der Waals surface area contributed by atoms with E-state index in [1.165, 1.54) is 6.42 Å². The third kappa shape index (κ3) is 4.76. The molecule has 1 heterocycles. The van der Waals surface area contributed by atoms with Crippen LogP contribution in [0.1, 0.15) is 31.2 Å². The first kappa shape index (κ1) is 17.5. The molecule has 0 aliphatic carbocycles. The van der Waals surface area contributed by atoms with Crippen LogP contribution in [0.15, 0.2) is 28.7 Å². The van der Waals surface area contributed by atoms with Crippen molar-refractivity contribution >= 4 is 34.2 Å². The van der Waals surface area contributed by atoms with Crippen LogP contribution in [0.25, 0.3) is 0 Å². The number of rotatable bonds is 4. The zero-order chi connectivity index (χ0) is 13.7. The first-order chi connectivity index (χ1) is 9.20. The van der Waals surface area contributed by atoms with Crippen LogP contribution in [0, 0.1) is 0 Å². The van der Waals surface area contributed by atoms with Crippen LogP contribution >= 0.6 is 28.3 Å². The van der Waals surface area contributed by atoms with Crippen LogP contribution in [-0.2, 0) is 11.2 Å². The van der Waals surface area contributed by atoms with Crippen LogP contribution in [-0.4, -0.2) is 29.9 Å². The molecule has 112 valence electrons. The summed E-state index contributed by atoms with van der Waals surface area (Å²) < 4.78 is 1.04. The van der Waals surface area contributed by atoms with E-state index in [4.69, 9.17) is 5.73 Å². The molecule has 0 bridgehead atoms. The van der Waals surface area contributed by atoms with Gasteiger partial charge in [0.05, 0.1) is 6.42 Å². The summed E-state index contributed by atoms with van der Waals surface area (Å²) >= 11 is 3.41. The Morgan fingerprint density at radius 2 is 2.00 bits per heavy atom. The summed E-state index contributed by atoms with van der Waals surface area (Å²) in [6, 6.07) is 8.32. The molecule has 1 fully saturated rings. The Bertz CT molecular complexity index is 422. The van der Waals surface area contributed by atoms with Gasteiger partial charge in [-0.15, -0.1) is 12.4 Å². The lowest BCUT2D eigenvalue weighted by Gasteiger charge is -2.35. The Morgan fingerprint density at radius 1 is 1.30 bits per heavy atom. The van der Waals surface area contributed by atoms with Gasteiger partial charge in [0.1, 0.15) is 0 Å². The van der Waals surface area contributed by atoms with Crippen LogP contribution in [0.5, 0.6) is 0 Å². The molecule has 0 radical (unpaired) electrons. The first-order valence-corrected chi connectivity index (χ1v) is 7.74. The Balaban J connectivity index is 0.00000200. The Labute approximate surface area is 135 Å². The molecule has 0 saturated carbocycles. The molecular formula is C15H22BrClN2O. The zero-order valence-electron chi connectivity index (χ0n) is 11.6. The lowest BCUT2D eigenvalue weighted by molar-refractivity contribution is -0.134. The van der Waals surface area contributed by atoms with E-state index in [0.717, 1.165) is 35.8 Å². The van der Waals surface area contributed by atoms with Gasteiger partial charge in [0.25, 0.3) is 0 Å². The predicted molar refractivity (Wildman–Crippen MR) is 88.1 cm³/mol. The van der Waals surface area contributed by atoms with Crippen LogP contribution in [0.4, 0.5) is 0 Å². The molecule has 5 heteroatoms. The minimum Gasteiger partial charge on any atom is -0.339 e. The molecule has 1 aromatic carbocycles. The number of amides is 1. The van der Waals surface area contributed by atoms with Crippen molar-refractivity contribution in [2.45, 2.75) is 38.1 Å². The maximum atomic E-state index is 12.4. The fourth-order valence-corrected chi connectivity index (χ4v) is 2.96. The van der Waals surface area contributed by atoms with Crippen molar-refractivity contribution in [1.29, 1.82) is 0 Å². The van der Waals surface area contributed by atoms with E-state index in [1.807, 2.05) is 29.2 Å². The highest BCUT2D eigenvalue weighted by atomic mass is 79.9.